The van der Waals surface area contributed by atoms with Crippen molar-refractivity contribution in [2.24, 2.45) is 5.92 Å². The van der Waals surface area contributed by atoms with Crippen molar-refractivity contribution in [3.8, 4) is 0 Å². The number of carbonyl (C=O) groups excluding carboxylic acids is 1. The summed E-state index contributed by atoms with van der Waals surface area (Å²) >= 11 is 0. The Morgan fingerprint density at radius 1 is 1.36 bits per heavy atom. The maximum atomic E-state index is 12.2. The molecule has 0 spiro atoms. The fourth-order valence-electron chi connectivity index (χ4n) is 3.72. The van der Waals surface area contributed by atoms with E-state index < -0.39 is 0 Å². The number of anilines is 4. The molecule has 28 heavy (non-hydrogen) atoms. The second-order valence-electron chi connectivity index (χ2n) is 7.06. The van der Waals surface area contributed by atoms with Gasteiger partial charge < -0.3 is 20.3 Å². The summed E-state index contributed by atoms with van der Waals surface area (Å²) in [6.45, 7) is 8.48. The number of aryl methyl sites for hydroxylation is 1. The van der Waals surface area contributed by atoms with Gasteiger partial charge in [0.2, 0.25) is 0 Å². The molecule has 3 rings (SSSR count). The first-order valence-corrected chi connectivity index (χ1v) is 9.91. The molecule has 1 atom stereocenters. The maximum Gasteiger partial charge on any atom is 0.310 e. The van der Waals surface area contributed by atoms with Crippen LogP contribution in [0.15, 0.2) is 30.6 Å². The van der Waals surface area contributed by atoms with Crippen LogP contribution in [0.2, 0.25) is 0 Å². The van der Waals surface area contributed by atoms with Gasteiger partial charge in [-0.05, 0) is 51.3 Å². The Balaban J connectivity index is 1.89. The highest BCUT2D eigenvalue weighted by atomic mass is 16.5. The minimum atomic E-state index is -0.148. The van der Waals surface area contributed by atoms with Crippen molar-refractivity contribution in [1.29, 1.82) is 0 Å². The van der Waals surface area contributed by atoms with Crippen LogP contribution in [0.1, 0.15) is 32.3 Å². The van der Waals surface area contributed by atoms with Gasteiger partial charge in [0.05, 0.1) is 12.5 Å². The van der Waals surface area contributed by atoms with Crippen LogP contribution in [0.4, 0.5) is 23.0 Å². The Labute approximate surface area is 166 Å². The lowest BCUT2D eigenvalue weighted by atomic mass is 9.98. The fourth-order valence-corrected chi connectivity index (χ4v) is 3.72. The van der Waals surface area contributed by atoms with Gasteiger partial charge in [0.25, 0.3) is 0 Å². The summed E-state index contributed by atoms with van der Waals surface area (Å²) < 4.78 is 5.21. The summed E-state index contributed by atoms with van der Waals surface area (Å²) in [6, 6.07) is 8.26. The van der Waals surface area contributed by atoms with Crippen molar-refractivity contribution in [1.82, 2.24) is 9.97 Å². The largest absolute Gasteiger partial charge is 0.466 e. The van der Waals surface area contributed by atoms with Crippen molar-refractivity contribution in [2.75, 3.05) is 41.8 Å². The number of ether oxygens (including phenoxy) is 1. The van der Waals surface area contributed by atoms with Gasteiger partial charge in [-0.3, -0.25) is 4.79 Å². The third-order valence-electron chi connectivity index (χ3n) is 5.07. The Bertz CT molecular complexity index is 826. The molecule has 0 amide bonds. The van der Waals surface area contributed by atoms with Crippen LogP contribution in [0.5, 0.6) is 0 Å². The van der Waals surface area contributed by atoms with E-state index in [1.807, 2.05) is 13.0 Å². The number of nitrogens with zero attached hydrogens (tertiary/aromatic N) is 4. The molecule has 7 nitrogen and oxygen atoms in total. The predicted molar refractivity (Wildman–Crippen MR) is 112 cm³/mol. The Morgan fingerprint density at radius 2 is 2.18 bits per heavy atom. The number of hydrogen-bond acceptors (Lipinski definition) is 7. The molecule has 1 aliphatic heterocycles. The Hall–Kier alpha value is -2.83. The number of benzene rings is 1. The molecule has 1 aromatic heterocycles. The molecule has 1 unspecified atom stereocenters. The van der Waals surface area contributed by atoms with E-state index in [0.717, 1.165) is 31.6 Å². The third-order valence-corrected chi connectivity index (χ3v) is 5.07. The molecule has 2 aromatic rings. The van der Waals surface area contributed by atoms with Gasteiger partial charge in [-0.2, -0.15) is 0 Å². The van der Waals surface area contributed by atoms with Crippen LogP contribution in [0.25, 0.3) is 0 Å². The van der Waals surface area contributed by atoms with E-state index in [-0.39, 0.29) is 11.9 Å². The second-order valence-corrected chi connectivity index (χ2v) is 7.06. The number of carbonyl (C=O) groups is 1. The number of aromatic nitrogens is 2. The molecule has 0 bridgehead atoms. The van der Waals surface area contributed by atoms with Gasteiger partial charge in [-0.25, -0.2) is 9.97 Å². The molecule has 1 saturated heterocycles. The number of nitrogen functional groups attached to an aromatic ring is 1. The smallest absolute Gasteiger partial charge is 0.310 e. The molecule has 7 heteroatoms. The summed E-state index contributed by atoms with van der Waals surface area (Å²) in [5.74, 6) is 1.09. The van der Waals surface area contributed by atoms with Gasteiger partial charge in [0.1, 0.15) is 12.0 Å². The molecule has 1 aromatic carbocycles. The van der Waals surface area contributed by atoms with Gasteiger partial charge in [-0.15, -0.1) is 0 Å². The van der Waals surface area contributed by atoms with Crippen LogP contribution in [-0.4, -0.2) is 42.2 Å². The highest BCUT2D eigenvalue weighted by Crippen LogP contribution is 2.35. The average Bonchev–Trinajstić information content (AvgIpc) is 2.70. The maximum absolute atomic E-state index is 12.2. The standard InChI is InChI=1S/C21H29N5O2/c1-4-26(17-10-6-8-15(3)12-17)20-18(22)19(23-14-24-20)25-11-7-9-16(13-25)21(27)28-5-2/h6,8,10,12,14,16H,4-5,7,9,11,13,22H2,1-3H3. The first-order valence-electron chi connectivity index (χ1n) is 9.91. The minimum absolute atomic E-state index is 0.144. The second kappa shape index (κ2) is 8.91. The fraction of sp³-hybridized carbons (Fsp3) is 0.476. The van der Waals surface area contributed by atoms with E-state index in [9.17, 15) is 4.79 Å². The monoisotopic (exact) mass is 383 g/mol. The molecule has 0 saturated carbocycles. The Morgan fingerprint density at radius 3 is 2.89 bits per heavy atom. The summed E-state index contributed by atoms with van der Waals surface area (Å²) in [6.07, 6.45) is 3.28. The van der Waals surface area contributed by atoms with Crippen molar-refractivity contribution in [3.63, 3.8) is 0 Å². The molecule has 2 N–H and O–H groups in total. The molecule has 2 heterocycles. The molecule has 1 fully saturated rings. The number of nitrogens with two attached hydrogens (primary N) is 1. The number of hydrogen-bond donors (Lipinski definition) is 1. The molecule has 150 valence electrons. The minimum Gasteiger partial charge on any atom is -0.466 e. The van der Waals surface area contributed by atoms with Crippen LogP contribution < -0.4 is 15.5 Å². The van der Waals surface area contributed by atoms with Crippen molar-refractivity contribution in [2.45, 2.75) is 33.6 Å². The zero-order chi connectivity index (χ0) is 20.1. The lowest BCUT2D eigenvalue weighted by molar-refractivity contribution is -0.148. The van der Waals surface area contributed by atoms with E-state index in [1.165, 1.54) is 5.56 Å². The van der Waals surface area contributed by atoms with Gasteiger partial charge in [0.15, 0.2) is 11.6 Å². The van der Waals surface area contributed by atoms with Gasteiger partial charge >= 0.3 is 5.97 Å². The molecular weight excluding hydrogens is 354 g/mol. The number of esters is 1. The topological polar surface area (TPSA) is 84.6 Å². The van der Waals surface area contributed by atoms with E-state index in [1.54, 1.807) is 6.33 Å². The first kappa shape index (κ1) is 19.9. The molecule has 0 aliphatic carbocycles. The SMILES string of the molecule is CCOC(=O)C1CCCN(c2ncnc(N(CC)c3cccc(C)c3)c2N)C1. The van der Waals surface area contributed by atoms with Crippen LogP contribution >= 0.6 is 0 Å². The lowest BCUT2D eigenvalue weighted by Gasteiger charge is -2.34. The molecule has 1 aliphatic rings. The van der Waals surface area contributed by atoms with Crippen molar-refractivity contribution in [3.05, 3.63) is 36.2 Å². The van der Waals surface area contributed by atoms with Gasteiger partial charge in [0, 0.05) is 25.3 Å². The highest BCUT2D eigenvalue weighted by Gasteiger charge is 2.29. The van der Waals surface area contributed by atoms with Crippen LogP contribution in [0, 0.1) is 12.8 Å². The van der Waals surface area contributed by atoms with Crippen LogP contribution in [0.3, 0.4) is 0 Å². The predicted octanol–water partition coefficient (Wildman–Crippen LogP) is 3.30. The number of rotatable bonds is 6. The van der Waals surface area contributed by atoms with E-state index in [4.69, 9.17) is 10.5 Å². The average molecular weight is 383 g/mol. The quantitative estimate of drug-likeness (QED) is 0.766. The van der Waals surface area contributed by atoms with Crippen molar-refractivity contribution < 1.29 is 9.53 Å². The zero-order valence-corrected chi connectivity index (χ0v) is 16.9. The zero-order valence-electron chi connectivity index (χ0n) is 16.9. The van der Waals surface area contributed by atoms with Crippen LogP contribution in [-0.2, 0) is 9.53 Å². The third kappa shape index (κ3) is 4.18. The molecule has 0 radical (unpaired) electrons. The van der Waals surface area contributed by atoms with Crippen molar-refractivity contribution >= 4 is 29.0 Å². The van der Waals surface area contributed by atoms with E-state index >= 15 is 0 Å². The van der Waals surface area contributed by atoms with E-state index in [2.05, 4.69) is 51.8 Å². The normalized spacial score (nSPS) is 16.7. The Kier molecular flexibility index (Phi) is 6.34. The summed E-state index contributed by atoms with van der Waals surface area (Å²) in [5.41, 5.74) is 9.28. The van der Waals surface area contributed by atoms with Gasteiger partial charge in [-0.1, -0.05) is 12.1 Å². The summed E-state index contributed by atoms with van der Waals surface area (Å²) in [5, 5.41) is 0. The summed E-state index contributed by atoms with van der Waals surface area (Å²) in [7, 11) is 0. The van der Waals surface area contributed by atoms with E-state index in [0.29, 0.717) is 30.5 Å². The highest BCUT2D eigenvalue weighted by molar-refractivity contribution is 5.80. The summed E-state index contributed by atoms with van der Waals surface area (Å²) in [4.78, 5) is 25.2. The number of piperidine rings is 1. The molecular formula is C21H29N5O2. The first-order chi connectivity index (χ1) is 13.5. The lowest BCUT2D eigenvalue weighted by Crippen LogP contribution is -2.40.